The molecule has 0 saturated carbocycles. The van der Waals surface area contributed by atoms with E-state index < -0.39 is 12.0 Å². The fraction of sp³-hybridized carbons (Fsp3) is 0.400. The fourth-order valence-electron chi connectivity index (χ4n) is 2.19. The quantitative estimate of drug-likeness (QED) is 0.847. The van der Waals surface area contributed by atoms with E-state index in [4.69, 9.17) is 0 Å². The van der Waals surface area contributed by atoms with Crippen molar-refractivity contribution in [3.63, 3.8) is 0 Å². The van der Waals surface area contributed by atoms with Gasteiger partial charge in [0.1, 0.15) is 12.6 Å². The molecule has 1 heterocycles. The molecule has 2 aromatic rings. The highest BCUT2D eigenvalue weighted by atomic mass is 16.4. The van der Waals surface area contributed by atoms with Crippen molar-refractivity contribution in [1.29, 1.82) is 0 Å². The SMILES string of the molecule is CC[C@H](C)[C@H](NC(=O)Cn1cnc2ccccc21)C(=O)O. The maximum absolute atomic E-state index is 12.1. The molecule has 112 valence electrons. The predicted octanol–water partition coefficient (Wildman–Crippen LogP) is 1.65. The minimum atomic E-state index is -1.01. The van der Waals surface area contributed by atoms with Crippen LogP contribution in [0.4, 0.5) is 0 Å². The number of nitrogens with zero attached hydrogens (tertiary/aromatic N) is 2. The molecule has 0 fully saturated rings. The van der Waals surface area contributed by atoms with Gasteiger partial charge in [-0.2, -0.15) is 0 Å². The molecular weight excluding hydrogens is 270 g/mol. The Morgan fingerprint density at radius 2 is 2.10 bits per heavy atom. The molecule has 6 nitrogen and oxygen atoms in total. The molecule has 21 heavy (non-hydrogen) atoms. The van der Waals surface area contributed by atoms with Gasteiger partial charge in [0.25, 0.3) is 0 Å². The maximum Gasteiger partial charge on any atom is 0.326 e. The molecule has 0 bridgehead atoms. The number of nitrogens with one attached hydrogen (secondary N) is 1. The molecule has 0 aliphatic carbocycles. The molecule has 2 atom stereocenters. The minimum Gasteiger partial charge on any atom is -0.480 e. The zero-order chi connectivity index (χ0) is 15.4. The van der Waals surface area contributed by atoms with Crippen LogP contribution in [0.1, 0.15) is 20.3 Å². The molecule has 0 spiro atoms. The zero-order valence-corrected chi connectivity index (χ0v) is 12.1. The van der Waals surface area contributed by atoms with Crippen LogP contribution in [0.5, 0.6) is 0 Å². The smallest absolute Gasteiger partial charge is 0.326 e. The summed E-state index contributed by atoms with van der Waals surface area (Å²) in [6.07, 6.45) is 2.27. The van der Waals surface area contributed by atoms with Crippen molar-refractivity contribution in [2.45, 2.75) is 32.9 Å². The number of fused-ring (bicyclic) bond motifs is 1. The molecule has 0 saturated heterocycles. The van der Waals surface area contributed by atoms with Gasteiger partial charge in [-0.25, -0.2) is 9.78 Å². The number of hydrogen-bond acceptors (Lipinski definition) is 3. The summed E-state index contributed by atoms with van der Waals surface area (Å²) in [7, 11) is 0. The lowest BCUT2D eigenvalue weighted by Gasteiger charge is -2.20. The van der Waals surface area contributed by atoms with Crippen molar-refractivity contribution < 1.29 is 14.7 Å². The topological polar surface area (TPSA) is 84.2 Å². The van der Waals surface area contributed by atoms with Crippen molar-refractivity contribution in [3.8, 4) is 0 Å². The van der Waals surface area contributed by atoms with Crippen molar-refractivity contribution in [1.82, 2.24) is 14.9 Å². The summed E-state index contributed by atoms with van der Waals surface area (Å²) < 4.78 is 1.71. The highest BCUT2D eigenvalue weighted by Crippen LogP contribution is 2.12. The molecule has 1 aromatic carbocycles. The first kappa shape index (κ1) is 15.0. The first-order valence-electron chi connectivity index (χ1n) is 6.95. The molecule has 2 rings (SSSR count). The standard InChI is InChI=1S/C15H19N3O3/c1-3-10(2)14(15(20)21)17-13(19)8-18-9-16-11-6-4-5-7-12(11)18/h4-7,9-10,14H,3,8H2,1-2H3,(H,17,19)(H,20,21)/t10-,14-/m0/s1. The van der Waals surface area contributed by atoms with Gasteiger partial charge in [0, 0.05) is 0 Å². The van der Waals surface area contributed by atoms with E-state index in [0.29, 0.717) is 6.42 Å². The molecule has 0 unspecified atom stereocenters. The largest absolute Gasteiger partial charge is 0.480 e. The van der Waals surface area contributed by atoms with Gasteiger partial charge in [-0.15, -0.1) is 0 Å². The van der Waals surface area contributed by atoms with Crippen molar-refractivity contribution in [2.24, 2.45) is 5.92 Å². The van der Waals surface area contributed by atoms with Crippen LogP contribution in [0, 0.1) is 5.92 Å². The normalized spacial score (nSPS) is 13.8. The summed E-state index contributed by atoms with van der Waals surface area (Å²) in [5.74, 6) is -1.45. The van der Waals surface area contributed by atoms with Crippen LogP contribution in [0.3, 0.4) is 0 Å². The van der Waals surface area contributed by atoms with Crippen LogP contribution in [0.15, 0.2) is 30.6 Å². The lowest BCUT2D eigenvalue weighted by molar-refractivity contribution is -0.143. The van der Waals surface area contributed by atoms with Crippen molar-refractivity contribution in [3.05, 3.63) is 30.6 Å². The van der Waals surface area contributed by atoms with E-state index in [2.05, 4.69) is 10.3 Å². The van der Waals surface area contributed by atoms with Gasteiger partial charge in [-0.3, -0.25) is 4.79 Å². The number of carbonyl (C=O) groups is 2. The van der Waals surface area contributed by atoms with Crippen LogP contribution >= 0.6 is 0 Å². The Bertz CT molecular complexity index is 650. The molecular formula is C15H19N3O3. The molecule has 0 aliphatic rings. The number of aromatic nitrogens is 2. The Kier molecular flexibility index (Phi) is 4.57. The average molecular weight is 289 g/mol. The summed E-state index contributed by atoms with van der Waals surface area (Å²) >= 11 is 0. The van der Waals surface area contributed by atoms with Crippen LogP contribution < -0.4 is 5.32 Å². The number of benzene rings is 1. The van der Waals surface area contributed by atoms with Gasteiger partial charge < -0.3 is 15.0 Å². The number of rotatable bonds is 6. The lowest BCUT2D eigenvalue weighted by atomic mass is 9.99. The van der Waals surface area contributed by atoms with Gasteiger partial charge in [-0.1, -0.05) is 32.4 Å². The molecule has 1 aromatic heterocycles. The van der Waals surface area contributed by atoms with E-state index in [9.17, 15) is 14.7 Å². The first-order chi connectivity index (χ1) is 10.0. The Morgan fingerprint density at radius 3 is 2.76 bits per heavy atom. The Morgan fingerprint density at radius 1 is 1.38 bits per heavy atom. The Labute approximate surface area is 122 Å². The molecule has 1 amide bonds. The van der Waals surface area contributed by atoms with Crippen LogP contribution in [-0.2, 0) is 16.1 Å². The summed E-state index contributed by atoms with van der Waals surface area (Å²) in [4.78, 5) is 27.5. The van der Waals surface area contributed by atoms with Crippen molar-refractivity contribution in [2.75, 3.05) is 0 Å². The second-order valence-electron chi connectivity index (χ2n) is 5.13. The van der Waals surface area contributed by atoms with E-state index in [0.717, 1.165) is 11.0 Å². The third-order valence-corrected chi connectivity index (χ3v) is 3.64. The number of aliphatic carboxylic acids is 1. The van der Waals surface area contributed by atoms with E-state index >= 15 is 0 Å². The maximum atomic E-state index is 12.1. The number of carboxylic acid groups (broad SMARTS) is 1. The first-order valence-corrected chi connectivity index (χ1v) is 6.95. The summed E-state index contributed by atoms with van der Waals surface area (Å²) in [6, 6.07) is 6.63. The number of hydrogen-bond donors (Lipinski definition) is 2. The van der Waals surface area contributed by atoms with Gasteiger partial charge in [-0.05, 0) is 18.1 Å². The highest BCUT2D eigenvalue weighted by Gasteiger charge is 2.25. The lowest BCUT2D eigenvalue weighted by Crippen LogP contribution is -2.46. The van der Waals surface area contributed by atoms with Crippen molar-refractivity contribution >= 4 is 22.9 Å². The fourth-order valence-corrected chi connectivity index (χ4v) is 2.19. The van der Waals surface area contributed by atoms with E-state index in [1.165, 1.54) is 0 Å². The van der Waals surface area contributed by atoms with Gasteiger partial charge >= 0.3 is 5.97 Å². The average Bonchev–Trinajstić information content (AvgIpc) is 2.87. The Hall–Kier alpha value is -2.37. The molecule has 6 heteroatoms. The summed E-state index contributed by atoms with van der Waals surface area (Å²) in [5, 5.41) is 11.8. The third-order valence-electron chi connectivity index (χ3n) is 3.64. The van der Waals surface area contributed by atoms with Crippen LogP contribution in [0.25, 0.3) is 11.0 Å². The van der Waals surface area contributed by atoms with E-state index in [-0.39, 0.29) is 18.4 Å². The van der Waals surface area contributed by atoms with Crippen LogP contribution in [-0.4, -0.2) is 32.6 Å². The Balaban J connectivity index is 2.09. The minimum absolute atomic E-state index is 0.0563. The summed E-state index contributed by atoms with van der Waals surface area (Å²) in [5.41, 5.74) is 1.66. The number of amides is 1. The van der Waals surface area contributed by atoms with Gasteiger partial charge in [0.2, 0.25) is 5.91 Å². The number of carboxylic acids is 1. The second-order valence-corrected chi connectivity index (χ2v) is 5.13. The van der Waals surface area contributed by atoms with Gasteiger partial charge in [0.15, 0.2) is 0 Å². The van der Waals surface area contributed by atoms with Gasteiger partial charge in [0.05, 0.1) is 17.4 Å². The zero-order valence-electron chi connectivity index (χ0n) is 12.1. The number of para-hydroxylation sites is 2. The van der Waals surface area contributed by atoms with Crippen LogP contribution in [0.2, 0.25) is 0 Å². The molecule has 0 aliphatic heterocycles. The van der Waals surface area contributed by atoms with E-state index in [1.54, 1.807) is 10.9 Å². The number of carbonyl (C=O) groups excluding carboxylic acids is 1. The monoisotopic (exact) mass is 289 g/mol. The van der Waals surface area contributed by atoms with E-state index in [1.807, 2.05) is 38.1 Å². The summed E-state index contributed by atoms with van der Waals surface area (Å²) in [6.45, 7) is 3.77. The third kappa shape index (κ3) is 3.39. The molecule has 0 radical (unpaired) electrons. The second kappa shape index (κ2) is 6.39. The number of imidazole rings is 1. The predicted molar refractivity (Wildman–Crippen MR) is 78.8 cm³/mol. The highest BCUT2D eigenvalue weighted by molar-refractivity contribution is 5.85. The molecule has 2 N–H and O–H groups in total.